The van der Waals surface area contributed by atoms with Crippen LogP contribution in [0.1, 0.15) is 10.4 Å². The number of benzene rings is 1. The predicted molar refractivity (Wildman–Crippen MR) is 63.3 cm³/mol. The molecule has 0 bridgehead atoms. The van der Waals surface area contributed by atoms with Crippen LogP contribution in [-0.2, 0) is 9.53 Å². The lowest BCUT2D eigenvalue weighted by atomic mass is 10.2. The quantitative estimate of drug-likeness (QED) is 0.345. The number of esters is 1. The van der Waals surface area contributed by atoms with Gasteiger partial charge >= 0.3 is 5.97 Å². The van der Waals surface area contributed by atoms with E-state index in [1.807, 2.05) is 0 Å². The Kier molecular flexibility index (Phi) is 5.30. The van der Waals surface area contributed by atoms with Crippen molar-refractivity contribution in [2.45, 2.75) is 0 Å². The molecule has 1 amide bonds. The van der Waals surface area contributed by atoms with E-state index in [0.29, 0.717) is 5.56 Å². The normalized spacial score (nSPS) is 9.39. The molecular weight excluding hydrogens is 238 g/mol. The second kappa shape index (κ2) is 7.00. The number of nitrogens with one attached hydrogen (secondary N) is 1. The van der Waals surface area contributed by atoms with E-state index >= 15 is 0 Å². The van der Waals surface area contributed by atoms with Crippen LogP contribution in [0, 0.1) is 4.91 Å². The van der Waals surface area contributed by atoms with Gasteiger partial charge in [-0.2, -0.15) is 0 Å². The highest BCUT2D eigenvalue weighted by Gasteiger charge is 2.11. The standard InChI is InChI=1S/C11H13N3O4/c1-18-10(15)7-14(13-17)8-12-11(16)9-5-3-2-4-6-9/h2-6H,7-8H2,1H3,(H,12,16). The summed E-state index contributed by atoms with van der Waals surface area (Å²) in [7, 11) is 1.20. The lowest BCUT2D eigenvalue weighted by Crippen LogP contribution is -2.37. The summed E-state index contributed by atoms with van der Waals surface area (Å²) in [6, 6.07) is 8.49. The summed E-state index contributed by atoms with van der Waals surface area (Å²) >= 11 is 0. The maximum absolute atomic E-state index is 11.6. The molecule has 1 rings (SSSR count). The van der Waals surface area contributed by atoms with Crippen LogP contribution in [0.2, 0.25) is 0 Å². The first kappa shape index (κ1) is 13.6. The minimum Gasteiger partial charge on any atom is -0.468 e. The Labute approximate surface area is 104 Å². The van der Waals surface area contributed by atoms with Gasteiger partial charge in [-0.05, 0) is 12.1 Å². The minimum atomic E-state index is -0.608. The highest BCUT2D eigenvalue weighted by molar-refractivity contribution is 5.94. The van der Waals surface area contributed by atoms with E-state index in [4.69, 9.17) is 0 Å². The van der Waals surface area contributed by atoms with Gasteiger partial charge in [0.25, 0.3) is 5.91 Å². The van der Waals surface area contributed by atoms with Crippen molar-refractivity contribution >= 4 is 11.9 Å². The van der Waals surface area contributed by atoms with Crippen LogP contribution >= 0.6 is 0 Å². The summed E-state index contributed by atoms with van der Waals surface area (Å²) in [6.45, 7) is -0.471. The number of hydrogen-bond acceptors (Lipinski definition) is 5. The van der Waals surface area contributed by atoms with E-state index in [0.717, 1.165) is 5.01 Å². The summed E-state index contributed by atoms with van der Waals surface area (Å²) in [6.07, 6.45) is 0. The van der Waals surface area contributed by atoms with Gasteiger partial charge in [-0.3, -0.25) is 9.59 Å². The Morgan fingerprint density at radius 2 is 2.00 bits per heavy atom. The van der Waals surface area contributed by atoms with Gasteiger partial charge < -0.3 is 10.1 Å². The summed E-state index contributed by atoms with van der Waals surface area (Å²) in [5.41, 5.74) is 0.460. The smallest absolute Gasteiger partial charge is 0.327 e. The number of carbonyl (C=O) groups excluding carboxylic acids is 2. The number of nitroso groups, excluding NO2 is 1. The molecule has 0 unspecified atom stereocenters. The van der Waals surface area contributed by atoms with Crippen molar-refractivity contribution in [3.05, 3.63) is 40.8 Å². The average molecular weight is 251 g/mol. The van der Waals surface area contributed by atoms with Gasteiger partial charge in [0.1, 0.15) is 13.2 Å². The average Bonchev–Trinajstić information content (AvgIpc) is 2.43. The molecule has 1 aromatic rings. The Morgan fingerprint density at radius 3 is 2.56 bits per heavy atom. The Hall–Kier alpha value is -2.44. The fourth-order valence-corrected chi connectivity index (χ4v) is 1.18. The van der Waals surface area contributed by atoms with Gasteiger partial charge in [0.05, 0.1) is 12.4 Å². The molecule has 0 atom stereocenters. The molecule has 0 spiro atoms. The van der Waals surface area contributed by atoms with Gasteiger partial charge in [0.15, 0.2) is 0 Å². The van der Waals surface area contributed by atoms with Crippen LogP contribution in [0.5, 0.6) is 0 Å². The van der Waals surface area contributed by atoms with Gasteiger partial charge in [-0.15, -0.1) is 4.91 Å². The van der Waals surface area contributed by atoms with Crippen LogP contribution in [-0.4, -0.2) is 37.2 Å². The molecule has 18 heavy (non-hydrogen) atoms. The molecule has 0 aromatic heterocycles. The zero-order chi connectivity index (χ0) is 13.4. The predicted octanol–water partition coefficient (Wildman–Crippen LogP) is 0.530. The highest BCUT2D eigenvalue weighted by Crippen LogP contribution is 1.98. The van der Waals surface area contributed by atoms with E-state index < -0.39 is 5.97 Å². The number of ether oxygens (including phenoxy) is 1. The van der Waals surface area contributed by atoms with Crippen LogP contribution in [0.25, 0.3) is 0 Å². The van der Waals surface area contributed by atoms with Crippen molar-refractivity contribution in [1.82, 2.24) is 10.3 Å². The third kappa shape index (κ3) is 4.20. The van der Waals surface area contributed by atoms with Crippen molar-refractivity contribution in [1.29, 1.82) is 0 Å². The lowest BCUT2D eigenvalue weighted by molar-refractivity contribution is -0.142. The Bertz CT molecular complexity index is 422. The number of hydrogen-bond donors (Lipinski definition) is 1. The topological polar surface area (TPSA) is 88.1 Å². The molecule has 1 N–H and O–H groups in total. The first-order valence-corrected chi connectivity index (χ1v) is 5.15. The molecule has 0 radical (unpaired) electrons. The molecule has 0 aliphatic carbocycles. The SMILES string of the molecule is COC(=O)CN(CNC(=O)c1ccccc1)N=O. The maximum Gasteiger partial charge on any atom is 0.327 e. The molecule has 0 aliphatic heterocycles. The van der Waals surface area contributed by atoms with Crippen molar-refractivity contribution in [2.75, 3.05) is 20.3 Å². The second-order valence-corrected chi connectivity index (χ2v) is 3.35. The van der Waals surface area contributed by atoms with E-state index in [9.17, 15) is 14.5 Å². The highest BCUT2D eigenvalue weighted by atomic mass is 16.5. The van der Waals surface area contributed by atoms with E-state index in [1.54, 1.807) is 30.3 Å². The number of carbonyl (C=O) groups is 2. The first-order chi connectivity index (χ1) is 8.67. The van der Waals surface area contributed by atoms with Crippen LogP contribution in [0.15, 0.2) is 35.6 Å². The molecular formula is C11H13N3O4. The molecule has 0 heterocycles. The molecule has 0 fully saturated rings. The lowest BCUT2D eigenvalue weighted by Gasteiger charge is -2.14. The third-order valence-corrected chi connectivity index (χ3v) is 2.11. The first-order valence-electron chi connectivity index (χ1n) is 5.15. The maximum atomic E-state index is 11.6. The zero-order valence-electron chi connectivity index (χ0n) is 9.83. The number of amides is 1. The fraction of sp³-hybridized carbons (Fsp3) is 0.273. The van der Waals surface area contributed by atoms with E-state index in [1.165, 1.54) is 7.11 Å². The molecule has 96 valence electrons. The summed E-state index contributed by atoms with van der Waals surface area (Å²) in [5.74, 6) is -0.960. The van der Waals surface area contributed by atoms with Crippen LogP contribution < -0.4 is 5.32 Å². The van der Waals surface area contributed by atoms with E-state index in [2.05, 4.69) is 15.3 Å². The Morgan fingerprint density at radius 1 is 1.33 bits per heavy atom. The third-order valence-electron chi connectivity index (χ3n) is 2.11. The molecule has 7 nitrogen and oxygen atoms in total. The summed E-state index contributed by atoms with van der Waals surface area (Å²) in [5, 5.41) is 5.93. The summed E-state index contributed by atoms with van der Waals surface area (Å²) in [4.78, 5) is 33.0. The van der Waals surface area contributed by atoms with Crippen molar-refractivity contribution in [3.63, 3.8) is 0 Å². The molecule has 0 saturated carbocycles. The second-order valence-electron chi connectivity index (χ2n) is 3.35. The zero-order valence-corrected chi connectivity index (χ0v) is 9.83. The fourth-order valence-electron chi connectivity index (χ4n) is 1.18. The van der Waals surface area contributed by atoms with Crippen molar-refractivity contribution in [3.8, 4) is 0 Å². The molecule has 0 aliphatic rings. The van der Waals surface area contributed by atoms with E-state index in [-0.39, 0.29) is 19.1 Å². The van der Waals surface area contributed by atoms with Gasteiger partial charge in [0, 0.05) is 5.56 Å². The number of nitrogens with zero attached hydrogens (tertiary/aromatic N) is 2. The summed E-state index contributed by atoms with van der Waals surface area (Å²) < 4.78 is 4.38. The van der Waals surface area contributed by atoms with Crippen molar-refractivity contribution < 1.29 is 14.3 Å². The number of rotatable bonds is 6. The van der Waals surface area contributed by atoms with Gasteiger partial charge in [-0.1, -0.05) is 18.2 Å². The molecule has 7 heteroatoms. The molecule has 1 aromatic carbocycles. The van der Waals surface area contributed by atoms with Crippen LogP contribution in [0.4, 0.5) is 0 Å². The minimum absolute atomic E-state index is 0.160. The molecule has 0 saturated heterocycles. The van der Waals surface area contributed by atoms with Gasteiger partial charge in [0.2, 0.25) is 0 Å². The largest absolute Gasteiger partial charge is 0.468 e. The van der Waals surface area contributed by atoms with Crippen molar-refractivity contribution in [2.24, 2.45) is 5.29 Å². The monoisotopic (exact) mass is 251 g/mol. The Balaban J connectivity index is 2.46. The number of methoxy groups -OCH3 is 1. The van der Waals surface area contributed by atoms with Gasteiger partial charge in [-0.25, -0.2) is 5.01 Å². The van der Waals surface area contributed by atoms with Crippen LogP contribution in [0.3, 0.4) is 0 Å².